The van der Waals surface area contributed by atoms with Gasteiger partial charge in [-0.15, -0.1) is 0 Å². The number of nitriles is 2. The third-order valence-corrected chi connectivity index (χ3v) is 1.15. The smallest absolute Gasteiger partial charge is 0.157 e. The molecule has 0 fully saturated rings. The van der Waals surface area contributed by atoms with Crippen LogP contribution in [0.25, 0.3) is 0 Å². The third-order valence-electron chi connectivity index (χ3n) is 1.15. The normalized spacial score (nSPS) is 7.29. The number of rotatable bonds is 0. The maximum atomic E-state index is 8.67. The molecule has 0 heterocycles. The minimum atomic E-state index is -0.0764. The standard InChI is InChI=1S/C6H6O2.C4H2N2/c7-5-3-1-2-4-6(5)8;1-4(2-5)3-6/h1-4,7-8H;1H2. The molecule has 4 heteroatoms. The molecule has 4 nitrogen and oxygen atoms in total. The summed E-state index contributed by atoms with van der Waals surface area (Å²) in [6.07, 6.45) is 0. The maximum absolute atomic E-state index is 8.67. The van der Waals surface area contributed by atoms with Gasteiger partial charge in [0, 0.05) is 0 Å². The molecule has 0 atom stereocenters. The van der Waals surface area contributed by atoms with Crippen LogP contribution in [0.3, 0.4) is 0 Å². The molecule has 0 aliphatic rings. The number of phenols is 2. The van der Waals surface area contributed by atoms with Gasteiger partial charge in [-0.3, -0.25) is 0 Å². The largest absolute Gasteiger partial charge is 0.504 e. The van der Waals surface area contributed by atoms with E-state index in [1.54, 1.807) is 24.3 Å². The lowest BCUT2D eigenvalue weighted by molar-refractivity contribution is 0.404. The number of phenolic OH excluding ortho intramolecular Hbond substituents is 2. The quantitative estimate of drug-likeness (QED) is 0.479. The summed E-state index contributed by atoms with van der Waals surface area (Å²) in [5, 5.41) is 32.9. The summed E-state index contributed by atoms with van der Waals surface area (Å²) in [7, 11) is 0. The molecule has 2 N–H and O–H groups in total. The first-order chi connectivity index (χ1) is 6.61. The van der Waals surface area contributed by atoms with Crippen LogP contribution in [0.1, 0.15) is 0 Å². The molecule has 14 heavy (non-hydrogen) atoms. The number of hydrogen-bond acceptors (Lipinski definition) is 4. The Kier molecular flexibility index (Phi) is 5.03. The Morgan fingerprint density at radius 3 is 1.57 bits per heavy atom. The maximum Gasteiger partial charge on any atom is 0.157 e. The topological polar surface area (TPSA) is 88.0 Å². The molecule has 0 aromatic heterocycles. The van der Waals surface area contributed by atoms with Gasteiger partial charge in [0.15, 0.2) is 11.5 Å². The molecule has 0 unspecified atom stereocenters. The lowest BCUT2D eigenvalue weighted by Crippen LogP contribution is -1.63. The van der Waals surface area contributed by atoms with Gasteiger partial charge in [-0.2, -0.15) is 10.5 Å². The molecule has 1 aromatic rings. The fourth-order valence-electron chi connectivity index (χ4n) is 0.489. The minimum absolute atomic E-state index is 0.0463. The molecule has 0 spiro atoms. The van der Waals surface area contributed by atoms with E-state index in [0.29, 0.717) is 0 Å². The molecule has 0 aliphatic carbocycles. The second kappa shape index (κ2) is 6.10. The second-order valence-electron chi connectivity index (χ2n) is 2.19. The van der Waals surface area contributed by atoms with Crippen molar-refractivity contribution in [3.8, 4) is 23.6 Å². The van der Waals surface area contributed by atoms with Crippen LogP contribution in [0, 0.1) is 22.7 Å². The van der Waals surface area contributed by atoms with Gasteiger partial charge in [-0.25, -0.2) is 0 Å². The number of hydrogen-bond donors (Lipinski definition) is 2. The summed E-state index contributed by atoms with van der Waals surface area (Å²) in [4.78, 5) is 0. The van der Waals surface area contributed by atoms with Gasteiger partial charge < -0.3 is 10.2 Å². The molecule has 0 aliphatic heterocycles. The Hall–Kier alpha value is -2.46. The van der Waals surface area contributed by atoms with E-state index in [9.17, 15) is 0 Å². The molecule has 0 saturated carbocycles. The van der Waals surface area contributed by atoms with E-state index in [1.165, 1.54) is 12.1 Å². The van der Waals surface area contributed by atoms with Gasteiger partial charge in [0.2, 0.25) is 0 Å². The summed E-state index contributed by atoms with van der Waals surface area (Å²) in [5.41, 5.74) is -0.0463. The highest BCUT2D eigenvalue weighted by molar-refractivity contribution is 5.36. The Morgan fingerprint density at radius 2 is 1.43 bits per heavy atom. The van der Waals surface area contributed by atoms with Crippen LogP contribution in [0.4, 0.5) is 0 Å². The van der Waals surface area contributed by atoms with Crippen LogP contribution >= 0.6 is 0 Å². The summed E-state index contributed by atoms with van der Waals surface area (Å²) >= 11 is 0. The highest BCUT2D eigenvalue weighted by atomic mass is 16.3. The molecule has 1 rings (SSSR count). The first-order valence-corrected chi connectivity index (χ1v) is 3.58. The molecule has 0 amide bonds. The van der Waals surface area contributed by atoms with Crippen molar-refractivity contribution in [2.24, 2.45) is 0 Å². The van der Waals surface area contributed by atoms with Crippen molar-refractivity contribution < 1.29 is 10.2 Å². The molecule has 0 saturated heterocycles. The number of aromatic hydroxyl groups is 2. The predicted octanol–water partition coefficient (Wildman–Crippen LogP) is 1.69. The first kappa shape index (κ1) is 11.5. The zero-order valence-electron chi connectivity index (χ0n) is 7.31. The minimum Gasteiger partial charge on any atom is -0.504 e. The molecular weight excluding hydrogens is 180 g/mol. The van der Waals surface area contributed by atoms with Crippen LogP contribution < -0.4 is 0 Å². The van der Waals surface area contributed by atoms with Gasteiger partial charge in [0.05, 0.1) is 0 Å². The predicted molar refractivity (Wildman–Crippen MR) is 50.1 cm³/mol. The second-order valence-corrected chi connectivity index (χ2v) is 2.19. The van der Waals surface area contributed by atoms with Gasteiger partial charge in [0.1, 0.15) is 17.7 Å². The third kappa shape index (κ3) is 4.42. The van der Waals surface area contributed by atoms with Crippen molar-refractivity contribution in [2.75, 3.05) is 0 Å². The van der Waals surface area contributed by atoms with Crippen LogP contribution in [0.15, 0.2) is 36.4 Å². The van der Waals surface area contributed by atoms with Gasteiger partial charge >= 0.3 is 0 Å². The Bertz CT molecular complexity index is 362. The fourth-order valence-corrected chi connectivity index (χ4v) is 0.489. The highest BCUT2D eigenvalue weighted by Crippen LogP contribution is 2.21. The van der Waals surface area contributed by atoms with E-state index in [-0.39, 0.29) is 17.1 Å². The summed E-state index contributed by atoms with van der Waals surface area (Å²) in [6.45, 7) is 3.07. The van der Waals surface area contributed by atoms with Crippen LogP contribution in [-0.4, -0.2) is 10.2 Å². The van der Waals surface area contributed by atoms with E-state index in [1.807, 2.05) is 0 Å². The van der Waals surface area contributed by atoms with Crippen molar-refractivity contribution in [3.63, 3.8) is 0 Å². The zero-order chi connectivity index (χ0) is 11.0. The van der Waals surface area contributed by atoms with Crippen molar-refractivity contribution in [1.82, 2.24) is 0 Å². The average Bonchev–Trinajstić information content (AvgIpc) is 2.22. The van der Waals surface area contributed by atoms with Gasteiger partial charge in [-0.05, 0) is 12.1 Å². The van der Waals surface area contributed by atoms with E-state index >= 15 is 0 Å². The van der Waals surface area contributed by atoms with Crippen molar-refractivity contribution in [1.29, 1.82) is 10.5 Å². The van der Waals surface area contributed by atoms with Crippen LogP contribution in [0.2, 0.25) is 0 Å². The van der Waals surface area contributed by atoms with Crippen LogP contribution in [0.5, 0.6) is 11.5 Å². The summed E-state index contributed by atoms with van der Waals surface area (Å²) < 4.78 is 0. The summed E-state index contributed by atoms with van der Waals surface area (Å²) in [5.74, 6) is -0.153. The fraction of sp³-hybridized carbons (Fsp3) is 0. The molecule has 0 radical (unpaired) electrons. The SMILES string of the molecule is C=C(C#N)C#N.Oc1ccccc1O. The van der Waals surface area contributed by atoms with E-state index in [2.05, 4.69) is 6.58 Å². The Labute approximate surface area is 81.6 Å². The van der Waals surface area contributed by atoms with Gasteiger partial charge in [0.25, 0.3) is 0 Å². The van der Waals surface area contributed by atoms with E-state index in [4.69, 9.17) is 20.7 Å². The first-order valence-electron chi connectivity index (χ1n) is 3.58. The monoisotopic (exact) mass is 188 g/mol. The molecule has 1 aromatic carbocycles. The number of benzene rings is 1. The van der Waals surface area contributed by atoms with Crippen LogP contribution in [-0.2, 0) is 0 Å². The Morgan fingerprint density at radius 1 is 1.07 bits per heavy atom. The van der Waals surface area contributed by atoms with Crippen molar-refractivity contribution in [3.05, 3.63) is 36.4 Å². The van der Waals surface area contributed by atoms with Gasteiger partial charge in [-0.1, -0.05) is 18.7 Å². The lowest BCUT2D eigenvalue weighted by atomic mass is 10.3. The number of para-hydroxylation sites is 2. The highest BCUT2D eigenvalue weighted by Gasteiger charge is 1.90. The molecule has 0 bridgehead atoms. The average molecular weight is 188 g/mol. The number of allylic oxidation sites excluding steroid dienone is 1. The zero-order valence-corrected chi connectivity index (χ0v) is 7.31. The lowest BCUT2D eigenvalue weighted by Gasteiger charge is -1.91. The molecule has 70 valence electrons. The summed E-state index contributed by atoms with van der Waals surface area (Å²) in [6, 6.07) is 9.27. The number of nitrogens with zero attached hydrogens (tertiary/aromatic N) is 2. The molecular formula is C10H8N2O2. The van der Waals surface area contributed by atoms with E-state index in [0.717, 1.165) is 0 Å². The Balaban J connectivity index is 0.000000255. The van der Waals surface area contributed by atoms with Crippen molar-refractivity contribution >= 4 is 0 Å². The van der Waals surface area contributed by atoms with E-state index < -0.39 is 0 Å². The van der Waals surface area contributed by atoms with Crippen molar-refractivity contribution in [2.45, 2.75) is 0 Å².